The van der Waals surface area contributed by atoms with Crippen LogP contribution in [-0.2, 0) is 4.79 Å². The van der Waals surface area contributed by atoms with E-state index in [4.69, 9.17) is 0 Å². The number of carbonyl (C=O) groups is 1. The molecule has 0 spiro atoms. The first-order valence-electron chi connectivity index (χ1n) is 8.55. The van der Waals surface area contributed by atoms with Crippen molar-refractivity contribution in [1.82, 2.24) is 10.2 Å². The van der Waals surface area contributed by atoms with Gasteiger partial charge in [-0.3, -0.25) is 4.79 Å². The van der Waals surface area contributed by atoms with E-state index in [0.29, 0.717) is 5.92 Å². The molecule has 0 bridgehead atoms. The molecule has 1 aliphatic heterocycles. The van der Waals surface area contributed by atoms with Gasteiger partial charge in [-0.1, -0.05) is 18.9 Å². The lowest BCUT2D eigenvalue weighted by molar-refractivity contribution is -0.116. The van der Waals surface area contributed by atoms with Gasteiger partial charge in [0.15, 0.2) is 0 Å². The molecule has 1 aromatic rings. The highest BCUT2D eigenvalue weighted by Crippen LogP contribution is 2.27. The number of hydrogen-bond acceptors (Lipinski definition) is 3. The molecule has 22 heavy (non-hydrogen) atoms. The van der Waals surface area contributed by atoms with E-state index in [0.717, 1.165) is 17.5 Å². The quantitative estimate of drug-likeness (QED) is 0.842. The second-order valence-electron chi connectivity index (χ2n) is 6.51. The molecule has 2 fully saturated rings. The largest absolute Gasteiger partial charge is 0.352 e. The molecule has 4 heteroatoms. The molecule has 120 valence electrons. The Bertz CT molecular complexity index is 483. The summed E-state index contributed by atoms with van der Waals surface area (Å²) in [6.45, 7) is 3.26. The Morgan fingerprint density at radius 2 is 2.05 bits per heavy atom. The Morgan fingerprint density at radius 3 is 2.73 bits per heavy atom. The zero-order valence-corrected chi connectivity index (χ0v) is 14.0. The maximum atomic E-state index is 11.9. The van der Waals surface area contributed by atoms with Gasteiger partial charge in [0, 0.05) is 23.5 Å². The molecule has 0 atom stereocenters. The summed E-state index contributed by atoms with van der Waals surface area (Å²) in [4.78, 5) is 15.7. The number of likely N-dealkylation sites (tertiary alicyclic amines) is 1. The lowest BCUT2D eigenvalue weighted by Crippen LogP contribution is -2.42. The molecule has 3 nitrogen and oxygen atoms in total. The number of rotatable bonds is 5. The fourth-order valence-corrected chi connectivity index (χ4v) is 4.26. The van der Waals surface area contributed by atoms with Gasteiger partial charge in [0.1, 0.15) is 0 Å². The molecule has 0 aromatic carbocycles. The van der Waals surface area contributed by atoms with Crippen LogP contribution in [0.1, 0.15) is 43.4 Å². The third kappa shape index (κ3) is 4.43. The Balaban J connectivity index is 1.35. The molecule has 1 amide bonds. The van der Waals surface area contributed by atoms with Crippen LogP contribution in [0.3, 0.4) is 0 Å². The van der Waals surface area contributed by atoms with Crippen molar-refractivity contribution in [2.45, 2.75) is 44.6 Å². The minimum Gasteiger partial charge on any atom is -0.352 e. The highest BCUT2D eigenvalue weighted by molar-refractivity contribution is 7.10. The van der Waals surface area contributed by atoms with Crippen molar-refractivity contribution in [3.8, 4) is 0 Å². The molecule has 1 saturated carbocycles. The zero-order valence-electron chi connectivity index (χ0n) is 13.2. The van der Waals surface area contributed by atoms with Gasteiger partial charge in [0.25, 0.3) is 0 Å². The van der Waals surface area contributed by atoms with Crippen molar-refractivity contribution in [2.24, 2.45) is 5.92 Å². The standard InChI is InChI=1S/C18H26N2OS/c21-18(8-7-17-6-3-13-22-17)19-14-15-9-11-20(12-10-15)16-4-1-2-5-16/h3,6-8,13,15-16H,1-2,4-5,9-12,14H2,(H,19,21)/b8-7+. The minimum absolute atomic E-state index is 0.0339. The predicted molar refractivity (Wildman–Crippen MR) is 92.9 cm³/mol. The number of piperidine rings is 1. The van der Waals surface area contributed by atoms with Crippen LogP contribution < -0.4 is 5.32 Å². The third-order valence-corrected chi connectivity index (χ3v) is 5.83. The molecule has 2 heterocycles. The normalized spacial score (nSPS) is 21.6. The van der Waals surface area contributed by atoms with Crippen LogP contribution in [0.25, 0.3) is 6.08 Å². The van der Waals surface area contributed by atoms with Gasteiger partial charge in [0.2, 0.25) is 5.91 Å². The number of thiophene rings is 1. The van der Waals surface area contributed by atoms with Crippen LogP contribution in [0.4, 0.5) is 0 Å². The van der Waals surface area contributed by atoms with Crippen LogP contribution in [-0.4, -0.2) is 36.5 Å². The first-order valence-corrected chi connectivity index (χ1v) is 9.43. The van der Waals surface area contributed by atoms with E-state index in [1.165, 1.54) is 51.6 Å². The van der Waals surface area contributed by atoms with Gasteiger partial charge in [-0.05, 0) is 62.2 Å². The fourth-order valence-electron chi connectivity index (χ4n) is 3.64. The summed E-state index contributed by atoms with van der Waals surface area (Å²) < 4.78 is 0. The predicted octanol–water partition coefficient (Wildman–Crippen LogP) is 3.53. The molecule has 1 N–H and O–H groups in total. The number of hydrogen-bond donors (Lipinski definition) is 1. The van der Waals surface area contributed by atoms with Gasteiger partial charge in [-0.25, -0.2) is 0 Å². The molecule has 0 unspecified atom stereocenters. The molecule has 1 saturated heterocycles. The monoisotopic (exact) mass is 318 g/mol. The van der Waals surface area contributed by atoms with Gasteiger partial charge >= 0.3 is 0 Å². The summed E-state index contributed by atoms with van der Waals surface area (Å²) >= 11 is 1.65. The summed E-state index contributed by atoms with van der Waals surface area (Å²) in [5.74, 6) is 0.684. The number of nitrogens with one attached hydrogen (secondary N) is 1. The van der Waals surface area contributed by atoms with Crippen molar-refractivity contribution in [3.63, 3.8) is 0 Å². The number of amides is 1. The van der Waals surface area contributed by atoms with Crippen molar-refractivity contribution in [2.75, 3.05) is 19.6 Å². The average Bonchev–Trinajstić information content (AvgIpc) is 3.24. The maximum Gasteiger partial charge on any atom is 0.244 e. The van der Waals surface area contributed by atoms with Gasteiger partial charge in [-0.15, -0.1) is 11.3 Å². The van der Waals surface area contributed by atoms with Gasteiger partial charge < -0.3 is 10.2 Å². The van der Waals surface area contributed by atoms with E-state index in [-0.39, 0.29) is 5.91 Å². The Labute approximate surface area is 137 Å². The zero-order chi connectivity index (χ0) is 15.2. The van der Waals surface area contributed by atoms with Crippen LogP contribution >= 0.6 is 11.3 Å². The molecule has 1 aromatic heterocycles. The van der Waals surface area contributed by atoms with E-state index in [9.17, 15) is 4.79 Å². The van der Waals surface area contributed by atoms with Crippen molar-refractivity contribution < 1.29 is 4.79 Å². The van der Waals surface area contributed by atoms with Crippen LogP contribution in [0.15, 0.2) is 23.6 Å². The minimum atomic E-state index is 0.0339. The molecule has 0 radical (unpaired) electrons. The molecular weight excluding hydrogens is 292 g/mol. The molecule has 2 aliphatic rings. The summed E-state index contributed by atoms with van der Waals surface area (Å²) in [6, 6.07) is 4.87. The lowest BCUT2D eigenvalue weighted by Gasteiger charge is -2.36. The Kier molecular flexibility index (Phi) is 5.68. The topological polar surface area (TPSA) is 32.3 Å². The highest BCUT2D eigenvalue weighted by atomic mass is 32.1. The van der Waals surface area contributed by atoms with Crippen molar-refractivity contribution >= 4 is 23.3 Å². The number of carbonyl (C=O) groups excluding carboxylic acids is 1. The number of nitrogens with zero attached hydrogens (tertiary/aromatic N) is 1. The first kappa shape index (κ1) is 15.8. The Hall–Kier alpha value is -1.13. The second-order valence-corrected chi connectivity index (χ2v) is 7.49. The van der Waals surface area contributed by atoms with Crippen molar-refractivity contribution in [3.05, 3.63) is 28.5 Å². The molecule has 3 rings (SSSR count). The maximum absolute atomic E-state index is 11.9. The highest BCUT2D eigenvalue weighted by Gasteiger charge is 2.26. The summed E-state index contributed by atoms with van der Waals surface area (Å²) in [6.07, 6.45) is 11.6. The fraction of sp³-hybridized carbons (Fsp3) is 0.611. The molecular formula is C18H26N2OS. The van der Waals surface area contributed by atoms with E-state index < -0.39 is 0 Å². The molecule has 1 aliphatic carbocycles. The van der Waals surface area contributed by atoms with Gasteiger partial charge in [0.05, 0.1) is 0 Å². The Morgan fingerprint density at radius 1 is 1.27 bits per heavy atom. The van der Waals surface area contributed by atoms with Crippen LogP contribution in [0, 0.1) is 5.92 Å². The first-order chi connectivity index (χ1) is 10.8. The summed E-state index contributed by atoms with van der Waals surface area (Å²) in [5.41, 5.74) is 0. The summed E-state index contributed by atoms with van der Waals surface area (Å²) in [5, 5.41) is 5.08. The SMILES string of the molecule is O=C(/C=C/c1cccs1)NCC1CCN(C2CCCC2)CC1. The summed E-state index contributed by atoms with van der Waals surface area (Å²) in [7, 11) is 0. The second kappa shape index (κ2) is 7.93. The van der Waals surface area contributed by atoms with Crippen LogP contribution in [0.5, 0.6) is 0 Å². The third-order valence-electron chi connectivity index (χ3n) is 5.00. The van der Waals surface area contributed by atoms with E-state index >= 15 is 0 Å². The smallest absolute Gasteiger partial charge is 0.244 e. The van der Waals surface area contributed by atoms with Crippen LogP contribution in [0.2, 0.25) is 0 Å². The van der Waals surface area contributed by atoms with E-state index in [1.807, 2.05) is 23.6 Å². The van der Waals surface area contributed by atoms with E-state index in [2.05, 4.69) is 10.2 Å². The lowest BCUT2D eigenvalue weighted by atomic mass is 9.95. The average molecular weight is 318 g/mol. The van der Waals surface area contributed by atoms with Gasteiger partial charge in [-0.2, -0.15) is 0 Å². The van der Waals surface area contributed by atoms with Crippen molar-refractivity contribution in [1.29, 1.82) is 0 Å². The van der Waals surface area contributed by atoms with E-state index in [1.54, 1.807) is 17.4 Å².